The van der Waals surface area contributed by atoms with Gasteiger partial charge in [0.25, 0.3) is 0 Å². The maximum Gasteiger partial charge on any atom is 0.443 e. The molecular weight excluding hydrogens is 367 g/mol. The van der Waals surface area contributed by atoms with Crippen LogP contribution in [0.5, 0.6) is 0 Å². The highest BCUT2D eigenvalue weighted by Gasteiger charge is 2.67. The van der Waals surface area contributed by atoms with Crippen LogP contribution in [0.2, 0.25) is 0 Å². The highest BCUT2D eigenvalue weighted by Crippen LogP contribution is 2.64. The Morgan fingerprint density at radius 3 is 2.32 bits per heavy atom. The fourth-order valence-electron chi connectivity index (χ4n) is 4.06. The molecule has 2 saturated carbocycles. The van der Waals surface area contributed by atoms with Crippen LogP contribution in [0.15, 0.2) is 0 Å². The number of aliphatic hydroxyl groups is 1. The summed E-state index contributed by atoms with van der Waals surface area (Å²) in [6, 6.07) is 0. The van der Waals surface area contributed by atoms with Crippen LogP contribution >= 0.6 is 0 Å². The van der Waals surface area contributed by atoms with Gasteiger partial charge in [0.2, 0.25) is 10.0 Å². The second kappa shape index (κ2) is 5.65. The first-order valence-electron chi connectivity index (χ1n) is 7.55. The summed E-state index contributed by atoms with van der Waals surface area (Å²) in [5.41, 5.74) is -6.46. The van der Waals surface area contributed by atoms with Crippen LogP contribution < -0.4 is 4.72 Å². The van der Waals surface area contributed by atoms with E-state index in [1.54, 1.807) is 13.8 Å². The summed E-state index contributed by atoms with van der Waals surface area (Å²) >= 11 is 0. The van der Waals surface area contributed by atoms with Crippen LogP contribution in [-0.2, 0) is 24.3 Å². The molecule has 11 heteroatoms. The number of esters is 1. The van der Waals surface area contributed by atoms with Gasteiger partial charge in [0.15, 0.2) is 0 Å². The van der Waals surface area contributed by atoms with Crippen molar-refractivity contribution in [3.63, 3.8) is 0 Å². The molecule has 144 valence electrons. The molecule has 0 aromatic rings. The molecule has 0 aromatic carbocycles. The second-order valence-electron chi connectivity index (χ2n) is 7.23. The lowest BCUT2D eigenvalue weighted by atomic mass is 9.70. The molecule has 0 amide bonds. The van der Waals surface area contributed by atoms with Crippen LogP contribution in [0.4, 0.5) is 13.2 Å². The van der Waals surface area contributed by atoms with Gasteiger partial charge in [-0.25, -0.2) is 13.2 Å². The zero-order valence-corrected chi connectivity index (χ0v) is 14.8. The maximum atomic E-state index is 13.1. The van der Waals surface area contributed by atoms with Crippen LogP contribution in [0, 0.1) is 16.7 Å². The first kappa shape index (κ1) is 20.1. The van der Waals surface area contributed by atoms with Crippen molar-refractivity contribution >= 4 is 21.8 Å². The Bertz CT molecular complexity index is 704. The molecule has 2 aliphatic carbocycles. The zero-order chi connectivity index (χ0) is 19.5. The number of alkyl halides is 3. The van der Waals surface area contributed by atoms with E-state index < -0.39 is 44.5 Å². The number of fused-ring (bicyclic) bond motifs is 2. The van der Waals surface area contributed by atoms with Crippen molar-refractivity contribution < 1.29 is 41.0 Å². The SMILES string of the molecule is COC(=O)[C@](O)(NS(=O)(=O)C[C@@]12CC[C@@H](CC1=O)C2(C)C)C(F)(F)F. The quantitative estimate of drug-likeness (QED) is 0.532. The number of nitrogens with one attached hydrogen (secondary N) is 1. The van der Waals surface area contributed by atoms with E-state index in [0.717, 1.165) is 4.72 Å². The number of sulfonamides is 1. The van der Waals surface area contributed by atoms with Gasteiger partial charge in [-0.2, -0.15) is 17.9 Å². The average Bonchev–Trinajstić information content (AvgIpc) is 2.78. The summed E-state index contributed by atoms with van der Waals surface area (Å²) in [6.07, 6.45) is -4.65. The van der Waals surface area contributed by atoms with Crippen LogP contribution in [-0.4, -0.2) is 50.0 Å². The largest absolute Gasteiger partial charge is 0.466 e. The molecular formula is C14H20F3NO6S. The number of carbonyl (C=O) groups is 2. The number of ketones is 1. The smallest absolute Gasteiger partial charge is 0.443 e. The lowest BCUT2D eigenvalue weighted by Gasteiger charge is -2.37. The third kappa shape index (κ3) is 2.85. The summed E-state index contributed by atoms with van der Waals surface area (Å²) in [6.45, 7) is 3.42. The Labute approximate surface area is 143 Å². The third-order valence-electron chi connectivity index (χ3n) is 5.77. The molecule has 7 nitrogen and oxygen atoms in total. The van der Waals surface area contributed by atoms with Crippen molar-refractivity contribution in [2.45, 2.75) is 45.0 Å². The number of Topliss-reactive ketones (excluding diaryl/α,β-unsaturated/α-hetero) is 1. The van der Waals surface area contributed by atoms with Gasteiger partial charge in [-0.3, -0.25) is 4.79 Å². The van der Waals surface area contributed by atoms with Gasteiger partial charge in [0.1, 0.15) is 5.78 Å². The highest BCUT2D eigenvalue weighted by atomic mass is 32.2. The van der Waals surface area contributed by atoms with E-state index >= 15 is 0 Å². The molecule has 2 aliphatic rings. The molecule has 25 heavy (non-hydrogen) atoms. The van der Waals surface area contributed by atoms with E-state index in [0.29, 0.717) is 13.5 Å². The third-order valence-corrected chi connectivity index (χ3v) is 7.25. The standard InChI is InChI=1S/C14H20F3NO6S/c1-11(2)8-4-5-12(11,9(19)6-8)7-25(22,23)18-13(21,10(20)24-3)14(15,16)17/h8,18,21H,4-7H2,1-3H3/t8-,12-,13+/m0/s1. The lowest BCUT2D eigenvalue weighted by Crippen LogP contribution is -2.65. The van der Waals surface area contributed by atoms with E-state index in [4.69, 9.17) is 0 Å². The van der Waals surface area contributed by atoms with E-state index in [1.807, 2.05) is 0 Å². The minimum Gasteiger partial charge on any atom is -0.466 e. The summed E-state index contributed by atoms with van der Waals surface area (Å²) in [7, 11) is -4.27. The number of methoxy groups -OCH3 is 1. The van der Waals surface area contributed by atoms with Crippen molar-refractivity contribution in [1.29, 1.82) is 0 Å². The predicted molar refractivity (Wildman–Crippen MR) is 78.5 cm³/mol. The molecule has 0 heterocycles. The predicted octanol–water partition coefficient (Wildman–Crippen LogP) is 0.725. The van der Waals surface area contributed by atoms with Gasteiger partial charge in [-0.1, -0.05) is 13.8 Å². The second-order valence-corrected chi connectivity index (χ2v) is 8.95. The molecule has 3 atom stereocenters. The molecule has 2 N–H and O–H groups in total. The van der Waals surface area contributed by atoms with Crippen LogP contribution in [0.25, 0.3) is 0 Å². The average molecular weight is 387 g/mol. The van der Waals surface area contributed by atoms with Crippen molar-refractivity contribution in [1.82, 2.24) is 4.72 Å². The monoisotopic (exact) mass is 387 g/mol. The van der Waals surface area contributed by atoms with Crippen LogP contribution in [0.3, 0.4) is 0 Å². The van der Waals surface area contributed by atoms with Gasteiger partial charge in [-0.15, -0.1) is 0 Å². The maximum absolute atomic E-state index is 13.1. The van der Waals surface area contributed by atoms with Crippen LogP contribution in [0.1, 0.15) is 33.1 Å². The molecule has 0 aliphatic heterocycles. The number of hydrogen-bond acceptors (Lipinski definition) is 6. The number of halogens is 3. The molecule has 0 aromatic heterocycles. The van der Waals surface area contributed by atoms with Crippen molar-refractivity contribution in [2.75, 3.05) is 12.9 Å². The highest BCUT2D eigenvalue weighted by molar-refractivity contribution is 7.89. The molecule has 0 unspecified atom stereocenters. The molecule has 0 saturated heterocycles. The normalized spacial score (nSPS) is 31.0. The zero-order valence-electron chi connectivity index (χ0n) is 13.9. The van der Waals surface area contributed by atoms with E-state index in [2.05, 4.69) is 4.74 Å². The fraction of sp³-hybridized carbons (Fsp3) is 0.857. The van der Waals surface area contributed by atoms with Gasteiger partial charge in [0, 0.05) is 11.8 Å². The summed E-state index contributed by atoms with van der Waals surface area (Å²) < 4.78 is 68.7. The number of rotatable bonds is 5. The Balaban J connectivity index is 2.37. The molecule has 0 radical (unpaired) electrons. The van der Waals surface area contributed by atoms with Crippen molar-refractivity contribution in [2.24, 2.45) is 16.7 Å². The van der Waals surface area contributed by atoms with Gasteiger partial charge in [0.05, 0.1) is 12.9 Å². The topological polar surface area (TPSA) is 110 Å². The molecule has 2 fully saturated rings. The Morgan fingerprint density at radius 1 is 1.40 bits per heavy atom. The lowest BCUT2D eigenvalue weighted by molar-refractivity contribution is -0.265. The van der Waals surface area contributed by atoms with Crippen molar-refractivity contribution in [3.05, 3.63) is 0 Å². The summed E-state index contributed by atoms with van der Waals surface area (Å²) in [4.78, 5) is 23.7. The fourth-order valence-corrected chi connectivity index (χ4v) is 6.10. The molecule has 2 rings (SSSR count). The molecule has 0 spiro atoms. The minimum absolute atomic E-state index is 0.0442. The summed E-state index contributed by atoms with van der Waals surface area (Å²) in [5.74, 6) is -3.51. The first-order chi connectivity index (χ1) is 11.1. The van der Waals surface area contributed by atoms with E-state index in [-0.39, 0.29) is 24.5 Å². The Morgan fingerprint density at radius 2 is 1.96 bits per heavy atom. The number of ether oxygens (including phenoxy) is 1. The molecule has 2 bridgehead atoms. The first-order valence-corrected chi connectivity index (χ1v) is 9.21. The number of carbonyl (C=O) groups excluding carboxylic acids is 2. The Kier molecular flexibility index (Phi) is 4.54. The van der Waals surface area contributed by atoms with Gasteiger partial charge in [-0.05, 0) is 24.2 Å². The van der Waals surface area contributed by atoms with E-state index in [9.17, 15) is 36.3 Å². The van der Waals surface area contributed by atoms with Gasteiger partial charge >= 0.3 is 17.9 Å². The minimum atomic E-state index is -5.64. The Hall–Kier alpha value is -1.20. The van der Waals surface area contributed by atoms with Crippen molar-refractivity contribution in [3.8, 4) is 0 Å². The number of hydrogen-bond donors (Lipinski definition) is 2. The van der Waals surface area contributed by atoms with Gasteiger partial charge < -0.3 is 9.84 Å². The van der Waals surface area contributed by atoms with E-state index in [1.165, 1.54) is 0 Å². The summed E-state index contributed by atoms with van der Waals surface area (Å²) in [5, 5.41) is 9.61.